The van der Waals surface area contributed by atoms with Gasteiger partial charge in [-0.15, -0.1) is 0 Å². The van der Waals surface area contributed by atoms with Gasteiger partial charge < -0.3 is 14.6 Å². The molecular weight excluding hydrogens is 320 g/mol. The number of hydrogen-bond donors (Lipinski definition) is 1. The van der Waals surface area contributed by atoms with E-state index in [0.29, 0.717) is 30.4 Å². The molecule has 25 heavy (non-hydrogen) atoms. The molecule has 1 spiro atoms. The molecule has 0 amide bonds. The number of carbonyl (C=O) groups is 2. The molecule has 5 nitrogen and oxygen atoms in total. The molecule has 0 bridgehead atoms. The van der Waals surface area contributed by atoms with E-state index in [-0.39, 0.29) is 16.8 Å². The van der Waals surface area contributed by atoms with Crippen LogP contribution in [-0.4, -0.2) is 29.9 Å². The maximum absolute atomic E-state index is 12.2. The molecule has 0 radical (unpaired) electrons. The minimum absolute atomic E-state index is 0.0396. The number of aliphatic hydroxyl groups excluding tert-OH is 1. The van der Waals surface area contributed by atoms with Crippen LogP contribution in [0.15, 0.2) is 23.3 Å². The fraction of sp³-hybridized carbons (Fsp3) is 0.700. The van der Waals surface area contributed by atoms with Crippen molar-refractivity contribution in [2.75, 3.05) is 6.61 Å². The smallest absolute Gasteiger partial charge is 0.334 e. The molecule has 0 aromatic rings. The highest BCUT2D eigenvalue weighted by molar-refractivity contribution is 5.92. The molecule has 4 rings (SSSR count). The van der Waals surface area contributed by atoms with Gasteiger partial charge in [0.05, 0.1) is 0 Å². The van der Waals surface area contributed by atoms with E-state index in [4.69, 9.17) is 9.47 Å². The average Bonchev–Trinajstić information content (AvgIpc) is 3.09. The Kier molecular flexibility index (Phi) is 3.83. The van der Waals surface area contributed by atoms with Crippen LogP contribution < -0.4 is 0 Å². The van der Waals surface area contributed by atoms with Crippen molar-refractivity contribution in [2.45, 2.75) is 58.7 Å². The molecule has 2 aliphatic carbocycles. The number of rotatable bonds is 3. The van der Waals surface area contributed by atoms with E-state index in [1.54, 1.807) is 0 Å². The first-order valence-electron chi connectivity index (χ1n) is 9.34. The third-order valence-electron chi connectivity index (χ3n) is 7.43. The summed E-state index contributed by atoms with van der Waals surface area (Å²) < 4.78 is 10.3. The number of cyclic esters (lactones) is 2. The van der Waals surface area contributed by atoms with Crippen LogP contribution in [0, 0.1) is 22.7 Å². The number of esters is 2. The van der Waals surface area contributed by atoms with Gasteiger partial charge in [-0.25, -0.2) is 9.59 Å². The summed E-state index contributed by atoms with van der Waals surface area (Å²) in [5, 5.41) is 9.87. The van der Waals surface area contributed by atoms with Crippen LogP contribution in [-0.2, 0) is 19.1 Å². The van der Waals surface area contributed by atoms with Crippen LogP contribution in [0.2, 0.25) is 0 Å². The van der Waals surface area contributed by atoms with Gasteiger partial charge in [0.15, 0.2) is 0 Å². The van der Waals surface area contributed by atoms with E-state index < -0.39 is 12.3 Å². The number of carbonyl (C=O) groups excluding carboxylic acids is 2. The van der Waals surface area contributed by atoms with Gasteiger partial charge in [-0.3, -0.25) is 0 Å². The zero-order valence-corrected chi connectivity index (χ0v) is 14.9. The Labute approximate surface area is 148 Å². The van der Waals surface area contributed by atoms with E-state index >= 15 is 0 Å². The zero-order chi connectivity index (χ0) is 17.8. The lowest BCUT2D eigenvalue weighted by molar-refractivity contribution is -0.151. The Morgan fingerprint density at radius 2 is 2.12 bits per heavy atom. The Hall–Kier alpha value is -1.62. The van der Waals surface area contributed by atoms with Gasteiger partial charge in [0.2, 0.25) is 6.29 Å². The van der Waals surface area contributed by atoms with Crippen molar-refractivity contribution in [3.63, 3.8) is 0 Å². The number of aliphatic hydroxyl groups is 1. The van der Waals surface area contributed by atoms with Gasteiger partial charge in [0, 0.05) is 22.6 Å². The van der Waals surface area contributed by atoms with E-state index in [0.717, 1.165) is 37.7 Å². The van der Waals surface area contributed by atoms with E-state index in [1.165, 1.54) is 6.08 Å². The third kappa shape index (κ3) is 2.39. The number of ether oxygens (including phenoxy) is 2. The maximum atomic E-state index is 12.2. The van der Waals surface area contributed by atoms with Gasteiger partial charge in [0.1, 0.15) is 6.61 Å². The fourth-order valence-corrected chi connectivity index (χ4v) is 5.76. The molecule has 136 valence electrons. The molecular formula is C20H26O5. The monoisotopic (exact) mass is 346 g/mol. The van der Waals surface area contributed by atoms with Gasteiger partial charge in [0.25, 0.3) is 0 Å². The normalized spacial score (nSPS) is 42.9. The quantitative estimate of drug-likeness (QED) is 0.796. The lowest BCUT2D eigenvalue weighted by atomic mass is 9.47. The van der Waals surface area contributed by atoms with E-state index in [1.807, 2.05) is 0 Å². The largest absolute Gasteiger partial charge is 0.461 e. The van der Waals surface area contributed by atoms with Crippen LogP contribution in [0.5, 0.6) is 0 Å². The van der Waals surface area contributed by atoms with Crippen LogP contribution in [0.1, 0.15) is 52.4 Å². The molecule has 4 aliphatic rings. The second-order valence-electron chi connectivity index (χ2n) is 8.43. The SMILES string of the molecule is C[C@@H]1CC[C@@]23COC(=O)C2=CCC[C@@H]3[C@@]1(C)CCC1=CC(=O)OC1O. The highest BCUT2D eigenvalue weighted by Crippen LogP contribution is 2.64. The molecule has 5 atom stereocenters. The summed E-state index contributed by atoms with van der Waals surface area (Å²) in [5.41, 5.74) is 1.48. The number of allylic oxidation sites excluding steroid dienone is 1. The minimum atomic E-state index is -1.10. The lowest BCUT2D eigenvalue weighted by Crippen LogP contribution is -2.51. The fourth-order valence-electron chi connectivity index (χ4n) is 5.76. The highest BCUT2D eigenvalue weighted by Gasteiger charge is 2.60. The Bertz CT molecular complexity index is 678. The van der Waals surface area contributed by atoms with Crippen molar-refractivity contribution in [3.8, 4) is 0 Å². The molecule has 2 fully saturated rings. The summed E-state index contributed by atoms with van der Waals surface area (Å²) in [6, 6.07) is 0. The molecule has 2 heterocycles. The second-order valence-corrected chi connectivity index (χ2v) is 8.43. The van der Waals surface area contributed by atoms with Crippen LogP contribution in [0.4, 0.5) is 0 Å². The van der Waals surface area contributed by atoms with Crippen molar-refractivity contribution < 1.29 is 24.2 Å². The average molecular weight is 346 g/mol. The standard InChI is InChI=1S/C20H26O5/c1-12-6-9-20-11-24-18(23)14(20)4-3-5-15(20)19(12,2)8-7-13-10-16(21)25-17(13)22/h4,10,12,15,17,22H,3,5-9,11H2,1-2H3/t12-,15-,17?,19+,20-/m1/s1. The Morgan fingerprint density at radius 1 is 1.32 bits per heavy atom. The van der Waals surface area contributed by atoms with Crippen molar-refractivity contribution >= 4 is 11.9 Å². The van der Waals surface area contributed by atoms with Crippen LogP contribution in [0.25, 0.3) is 0 Å². The summed E-state index contributed by atoms with van der Waals surface area (Å²) in [5.74, 6) is 0.327. The van der Waals surface area contributed by atoms with Gasteiger partial charge in [-0.1, -0.05) is 19.9 Å². The van der Waals surface area contributed by atoms with E-state index in [9.17, 15) is 14.7 Å². The van der Waals surface area contributed by atoms with Crippen molar-refractivity contribution in [2.24, 2.45) is 22.7 Å². The van der Waals surface area contributed by atoms with Crippen molar-refractivity contribution in [3.05, 3.63) is 23.3 Å². The summed E-state index contributed by atoms with van der Waals surface area (Å²) in [4.78, 5) is 23.6. The minimum Gasteiger partial charge on any atom is -0.461 e. The Balaban J connectivity index is 1.61. The molecule has 1 saturated heterocycles. The zero-order valence-electron chi connectivity index (χ0n) is 14.9. The van der Waals surface area contributed by atoms with E-state index in [2.05, 4.69) is 19.9 Å². The molecule has 5 heteroatoms. The highest BCUT2D eigenvalue weighted by atomic mass is 16.6. The van der Waals surface area contributed by atoms with Crippen molar-refractivity contribution in [1.29, 1.82) is 0 Å². The first kappa shape index (κ1) is 16.8. The third-order valence-corrected chi connectivity index (χ3v) is 7.43. The summed E-state index contributed by atoms with van der Waals surface area (Å²) in [6.45, 7) is 5.13. The molecule has 1 saturated carbocycles. The summed E-state index contributed by atoms with van der Waals surface area (Å²) in [7, 11) is 0. The second kappa shape index (κ2) is 5.70. The molecule has 1 N–H and O–H groups in total. The maximum Gasteiger partial charge on any atom is 0.334 e. The summed E-state index contributed by atoms with van der Waals surface area (Å²) in [6.07, 6.45) is 8.02. The predicted molar refractivity (Wildman–Crippen MR) is 90.1 cm³/mol. The van der Waals surface area contributed by atoms with Crippen LogP contribution >= 0.6 is 0 Å². The molecule has 1 unspecified atom stereocenters. The van der Waals surface area contributed by atoms with Gasteiger partial charge in [-0.2, -0.15) is 0 Å². The van der Waals surface area contributed by atoms with Gasteiger partial charge in [-0.05, 0) is 55.8 Å². The van der Waals surface area contributed by atoms with Gasteiger partial charge >= 0.3 is 11.9 Å². The number of hydrogen-bond acceptors (Lipinski definition) is 5. The first-order valence-corrected chi connectivity index (χ1v) is 9.34. The Morgan fingerprint density at radius 3 is 2.84 bits per heavy atom. The summed E-state index contributed by atoms with van der Waals surface area (Å²) >= 11 is 0. The topological polar surface area (TPSA) is 72.8 Å². The lowest BCUT2D eigenvalue weighted by Gasteiger charge is -2.56. The van der Waals surface area contributed by atoms with Crippen molar-refractivity contribution in [1.82, 2.24) is 0 Å². The predicted octanol–water partition coefficient (Wildman–Crippen LogP) is 2.88. The molecule has 2 aliphatic heterocycles. The molecule has 0 aromatic heterocycles. The molecule has 0 aromatic carbocycles. The first-order chi connectivity index (χ1) is 11.9. The van der Waals surface area contributed by atoms with Crippen LogP contribution in [0.3, 0.4) is 0 Å².